The Labute approximate surface area is 156 Å². The predicted molar refractivity (Wildman–Crippen MR) is 99.0 cm³/mol. The van der Waals surface area contributed by atoms with Gasteiger partial charge in [-0.25, -0.2) is 0 Å². The molecule has 0 radical (unpaired) electrons. The van der Waals surface area contributed by atoms with E-state index in [2.05, 4.69) is 26.1 Å². The summed E-state index contributed by atoms with van der Waals surface area (Å²) in [6, 6.07) is 7.94. The highest BCUT2D eigenvalue weighted by molar-refractivity contribution is 9.11. The zero-order chi connectivity index (χ0) is 16.9. The second kappa shape index (κ2) is 8.04. The van der Waals surface area contributed by atoms with Crippen LogP contribution in [0.15, 0.2) is 38.0 Å². The first kappa shape index (κ1) is 17.3. The fourth-order valence-electron chi connectivity index (χ4n) is 2.20. The van der Waals surface area contributed by atoms with E-state index in [9.17, 15) is 4.79 Å². The van der Waals surface area contributed by atoms with Gasteiger partial charge in [0.15, 0.2) is 0 Å². The van der Waals surface area contributed by atoms with E-state index in [1.807, 2.05) is 36.7 Å². The minimum atomic E-state index is 0.123. The molecule has 0 bridgehead atoms. The molecule has 0 saturated heterocycles. The minimum Gasteiger partial charge on any atom is -0.341 e. The van der Waals surface area contributed by atoms with Crippen LogP contribution in [0.25, 0.3) is 10.7 Å². The second-order valence-electron chi connectivity index (χ2n) is 5.30. The lowest BCUT2D eigenvalue weighted by Gasteiger charge is -2.15. The van der Waals surface area contributed by atoms with Gasteiger partial charge < -0.3 is 9.42 Å². The Morgan fingerprint density at radius 1 is 1.38 bits per heavy atom. The van der Waals surface area contributed by atoms with E-state index in [4.69, 9.17) is 4.52 Å². The van der Waals surface area contributed by atoms with Crippen LogP contribution in [0.3, 0.4) is 0 Å². The van der Waals surface area contributed by atoms with Crippen molar-refractivity contribution in [2.75, 3.05) is 7.05 Å². The largest absolute Gasteiger partial charge is 0.341 e. The number of hydrogen-bond donors (Lipinski definition) is 0. The molecule has 0 spiro atoms. The van der Waals surface area contributed by atoms with Crippen LogP contribution >= 0.6 is 38.6 Å². The number of nitrogens with zero attached hydrogens (tertiary/aromatic N) is 3. The standard InChI is InChI=1S/C16H16BrN3O2S2/c1-20(10-11-7-8-13(17)24-11)15(21)6-2-5-14-18-16(19-22-14)12-4-3-9-23-12/h3-4,7-9H,2,5-6,10H2,1H3. The van der Waals surface area contributed by atoms with Crippen molar-refractivity contribution in [3.63, 3.8) is 0 Å². The third-order valence-corrected chi connectivity index (χ3v) is 5.91. The molecule has 3 aromatic rings. The van der Waals surface area contributed by atoms with Gasteiger partial charge in [-0.3, -0.25) is 4.79 Å². The fraction of sp³-hybridized carbons (Fsp3) is 0.312. The number of aromatic nitrogens is 2. The average Bonchev–Trinajstić information content (AvgIpc) is 3.28. The molecule has 0 aliphatic heterocycles. The molecule has 0 atom stereocenters. The van der Waals surface area contributed by atoms with Gasteiger partial charge in [-0.05, 0) is 45.9 Å². The zero-order valence-electron chi connectivity index (χ0n) is 13.1. The Balaban J connectivity index is 1.45. The summed E-state index contributed by atoms with van der Waals surface area (Å²) in [6.45, 7) is 0.637. The lowest BCUT2D eigenvalue weighted by molar-refractivity contribution is -0.130. The van der Waals surface area contributed by atoms with E-state index < -0.39 is 0 Å². The van der Waals surface area contributed by atoms with Gasteiger partial charge in [-0.1, -0.05) is 11.2 Å². The summed E-state index contributed by atoms with van der Waals surface area (Å²) in [4.78, 5) is 20.5. The normalized spacial score (nSPS) is 10.9. The number of rotatable bonds is 7. The van der Waals surface area contributed by atoms with Gasteiger partial charge in [0, 0.05) is 24.8 Å². The molecule has 0 N–H and O–H groups in total. The van der Waals surface area contributed by atoms with Crippen LogP contribution in [0.1, 0.15) is 23.6 Å². The van der Waals surface area contributed by atoms with Crippen LogP contribution in [0.2, 0.25) is 0 Å². The Kier molecular flexibility index (Phi) is 5.80. The van der Waals surface area contributed by atoms with Crippen molar-refractivity contribution in [2.45, 2.75) is 25.8 Å². The smallest absolute Gasteiger partial charge is 0.226 e. The third kappa shape index (κ3) is 4.52. The number of carbonyl (C=O) groups excluding carboxylic acids is 1. The van der Waals surface area contributed by atoms with Crippen molar-refractivity contribution < 1.29 is 9.32 Å². The van der Waals surface area contributed by atoms with Crippen molar-refractivity contribution in [1.82, 2.24) is 15.0 Å². The van der Waals surface area contributed by atoms with Gasteiger partial charge in [0.2, 0.25) is 17.6 Å². The summed E-state index contributed by atoms with van der Waals surface area (Å²) in [5, 5.41) is 5.95. The summed E-state index contributed by atoms with van der Waals surface area (Å²) in [5.74, 6) is 1.32. The Morgan fingerprint density at radius 3 is 2.96 bits per heavy atom. The molecule has 0 aromatic carbocycles. The minimum absolute atomic E-state index is 0.123. The van der Waals surface area contributed by atoms with Gasteiger partial charge >= 0.3 is 0 Å². The summed E-state index contributed by atoms with van der Waals surface area (Å²) in [6.07, 6.45) is 1.78. The van der Waals surface area contributed by atoms with Crippen molar-refractivity contribution >= 4 is 44.5 Å². The molecular formula is C16H16BrN3O2S2. The number of halogens is 1. The maximum absolute atomic E-state index is 12.2. The van der Waals surface area contributed by atoms with E-state index in [-0.39, 0.29) is 5.91 Å². The van der Waals surface area contributed by atoms with Gasteiger partial charge in [0.25, 0.3) is 0 Å². The molecular weight excluding hydrogens is 410 g/mol. The Morgan fingerprint density at radius 2 is 2.25 bits per heavy atom. The topological polar surface area (TPSA) is 59.2 Å². The maximum Gasteiger partial charge on any atom is 0.226 e. The molecule has 0 aliphatic rings. The van der Waals surface area contributed by atoms with Crippen LogP contribution in [0.5, 0.6) is 0 Å². The molecule has 8 heteroatoms. The highest BCUT2D eigenvalue weighted by Gasteiger charge is 2.13. The molecule has 126 valence electrons. The van der Waals surface area contributed by atoms with E-state index in [1.165, 1.54) is 0 Å². The summed E-state index contributed by atoms with van der Waals surface area (Å²) >= 11 is 6.66. The first-order chi connectivity index (χ1) is 11.6. The highest BCUT2D eigenvalue weighted by Crippen LogP contribution is 2.23. The predicted octanol–water partition coefficient (Wildman–Crippen LogP) is 4.60. The van der Waals surface area contributed by atoms with E-state index in [1.54, 1.807) is 27.6 Å². The molecule has 3 rings (SSSR count). The van der Waals surface area contributed by atoms with Crippen LogP contribution in [0.4, 0.5) is 0 Å². The average molecular weight is 426 g/mol. The lowest BCUT2D eigenvalue weighted by Crippen LogP contribution is -2.25. The van der Waals surface area contributed by atoms with Gasteiger partial charge in [0.1, 0.15) is 0 Å². The molecule has 24 heavy (non-hydrogen) atoms. The monoisotopic (exact) mass is 425 g/mol. The SMILES string of the molecule is CN(Cc1ccc(Br)s1)C(=O)CCCc1nc(-c2cccs2)no1. The molecule has 5 nitrogen and oxygen atoms in total. The van der Waals surface area contributed by atoms with Crippen LogP contribution in [0, 0.1) is 0 Å². The quantitative estimate of drug-likeness (QED) is 0.554. The van der Waals surface area contributed by atoms with Crippen LogP contribution in [-0.2, 0) is 17.8 Å². The van der Waals surface area contributed by atoms with E-state index in [0.29, 0.717) is 37.5 Å². The van der Waals surface area contributed by atoms with Crippen molar-refractivity contribution in [1.29, 1.82) is 0 Å². The van der Waals surface area contributed by atoms with Crippen molar-refractivity contribution in [3.05, 3.63) is 44.2 Å². The third-order valence-electron chi connectivity index (χ3n) is 3.44. The van der Waals surface area contributed by atoms with Gasteiger partial charge in [-0.15, -0.1) is 22.7 Å². The Bertz CT molecular complexity index is 798. The first-order valence-corrected chi connectivity index (χ1v) is 9.95. The first-order valence-electron chi connectivity index (χ1n) is 7.46. The summed E-state index contributed by atoms with van der Waals surface area (Å²) in [5.41, 5.74) is 0. The van der Waals surface area contributed by atoms with Crippen LogP contribution in [-0.4, -0.2) is 28.0 Å². The molecule has 0 fully saturated rings. The molecule has 0 unspecified atom stereocenters. The number of carbonyl (C=O) groups is 1. The highest BCUT2D eigenvalue weighted by atomic mass is 79.9. The molecule has 1 amide bonds. The molecule has 0 aliphatic carbocycles. The number of amides is 1. The Hall–Kier alpha value is -1.51. The molecule has 3 heterocycles. The van der Waals surface area contributed by atoms with Gasteiger partial charge in [0.05, 0.1) is 15.2 Å². The van der Waals surface area contributed by atoms with Crippen LogP contribution < -0.4 is 0 Å². The molecule has 3 aromatic heterocycles. The van der Waals surface area contributed by atoms with Crippen molar-refractivity contribution in [3.8, 4) is 10.7 Å². The number of aryl methyl sites for hydroxylation is 1. The maximum atomic E-state index is 12.2. The lowest BCUT2D eigenvalue weighted by atomic mass is 10.2. The van der Waals surface area contributed by atoms with E-state index >= 15 is 0 Å². The summed E-state index contributed by atoms with van der Waals surface area (Å²) in [7, 11) is 1.83. The summed E-state index contributed by atoms with van der Waals surface area (Å²) < 4.78 is 6.33. The molecule has 0 saturated carbocycles. The van der Waals surface area contributed by atoms with E-state index in [0.717, 1.165) is 13.5 Å². The fourth-order valence-corrected chi connectivity index (χ4v) is 4.39. The second-order valence-corrected chi connectivity index (χ2v) is 8.79. The van der Waals surface area contributed by atoms with Crippen molar-refractivity contribution in [2.24, 2.45) is 0 Å². The number of hydrogen-bond acceptors (Lipinski definition) is 6. The zero-order valence-corrected chi connectivity index (χ0v) is 16.3. The van der Waals surface area contributed by atoms with Gasteiger partial charge in [-0.2, -0.15) is 4.98 Å². The number of thiophene rings is 2.